The summed E-state index contributed by atoms with van der Waals surface area (Å²) in [6, 6.07) is 10.2. The summed E-state index contributed by atoms with van der Waals surface area (Å²) in [4.78, 5) is 27.7. The molecular formula is C17H19NO3S. The molecule has 1 amide bonds. The van der Waals surface area contributed by atoms with E-state index in [0.717, 1.165) is 4.88 Å². The SMILES string of the molecule is Cc1ccc(CN(C(=O)c2ccc(C(=O)O)cc2)C(C)C)s1. The van der Waals surface area contributed by atoms with Crippen molar-refractivity contribution in [3.63, 3.8) is 0 Å². The van der Waals surface area contributed by atoms with Gasteiger partial charge in [-0.2, -0.15) is 0 Å². The van der Waals surface area contributed by atoms with Crippen molar-refractivity contribution < 1.29 is 14.7 Å². The predicted molar refractivity (Wildman–Crippen MR) is 87.5 cm³/mol. The Morgan fingerprint density at radius 2 is 1.68 bits per heavy atom. The van der Waals surface area contributed by atoms with E-state index in [4.69, 9.17) is 5.11 Å². The molecule has 22 heavy (non-hydrogen) atoms. The fourth-order valence-electron chi connectivity index (χ4n) is 2.15. The lowest BCUT2D eigenvalue weighted by Crippen LogP contribution is -2.36. The third-order valence-electron chi connectivity index (χ3n) is 3.39. The van der Waals surface area contributed by atoms with Crippen molar-refractivity contribution in [3.8, 4) is 0 Å². The molecule has 0 spiro atoms. The summed E-state index contributed by atoms with van der Waals surface area (Å²) < 4.78 is 0. The van der Waals surface area contributed by atoms with E-state index < -0.39 is 5.97 Å². The standard InChI is InChI=1S/C17H19NO3S/c1-11(2)18(10-15-9-4-12(3)22-15)16(19)13-5-7-14(8-6-13)17(20)21/h4-9,11H,10H2,1-3H3,(H,20,21). The molecule has 0 atom stereocenters. The molecule has 0 aliphatic rings. The number of aromatic carboxylic acids is 1. The number of carbonyl (C=O) groups is 2. The summed E-state index contributed by atoms with van der Waals surface area (Å²) >= 11 is 1.68. The third kappa shape index (κ3) is 3.74. The lowest BCUT2D eigenvalue weighted by Gasteiger charge is -2.26. The van der Waals surface area contributed by atoms with E-state index in [0.29, 0.717) is 12.1 Å². The quantitative estimate of drug-likeness (QED) is 0.912. The van der Waals surface area contributed by atoms with Gasteiger partial charge in [-0.3, -0.25) is 4.79 Å². The van der Waals surface area contributed by atoms with Crippen LogP contribution in [0.3, 0.4) is 0 Å². The van der Waals surface area contributed by atoms with Gasteiger partial charge < -0.3 is 10.0 Å². The molecule has 2 aromatic rings. The van der Waals surface area contributed by atoms with Crippen LogP contribution in [0.4, 0.5) is 0 Å². The average Bonchev–Trinajstić information content (AvgIpc) is 2.89. The van der Waals surface area contributed by atoms with Crippen molar-refractivity contribution in [2.45, 2.75) is 33.4 Å². The van der Waals surface area contributed by atoms with Gasteiger partial charge in [-0.15, -0.1) is 11.3 Å². The van der Waals surface area contributed by atoms with Crippen LogP contribution in [-0.2, 0) is 6.54 Å². The summed E-state index contributed by atoms with van der Waals surface area (Å²) in [6.45, 7) is 6.56. The number of hydrogen-bond acceptors (Lipinski definition) is 3. The van der Waals surface area contributed by atoms with E-state index in [-0.39, 0.29) is 17.5 Å². The van der Waals surface area contributed by atoms with Crippen molar-refractivity contribution in [3.05, 3.63) is 57.3 Å². The number of carbonyl (C=O) groups excluding carboxylic acids is 1. The zero-order valence-corrected chi connectivity index (χ0v) is 13.7. The molecular weight excluding hydrogens is 298 g/mol. The number of amides is 1. The number of rotatable bonds is 5. The highest BCUT2D eigenvalue weighted by Gasteiger charge is 2.20. The molecule has 0 aliphatic heterocycles. The van der Waals surface area contributed by atoms with E-state index in [1.54, 1.807) is 28.4 Å². The molecule has 2 rings (SSSR count). The first-order valence-electron chi connectivity index (χ1n) is 7.08. The Morgan fingerprint density at radius 3 is 2.14 bits per heavy atom. The van der Waals surface area contributed by atoms with Crippen LogP contribution in [-0.4, -0.2) is 27.9 Å². The molecule has 0 saturated carbocycles. The van der Waals surface area contributed by atoms with Crippen LogP contribution in [0.1, 0.15) is 44.3 Å². The second-order valence-electron chi connectivity index (χ2n) is 5.42. The van der Waals surface area contributed by atoms with Crippen LogP contribution >= 0.6 is 11.3 Å². The first kappa shape index (κ1) is 16.2. The van der Waals surface area contributed by atoms with Gasteiger partial charge in [-0.1, -0.05) is 0 Å². The van der Waals surface area contributed by atoms with Crippen molar-refractivity contribution >= 4 is 23.2 Å². The van der Waals surface area contributed by atoms with Gasteiger partial charge in [0, 0.05) is 21.4 Å². The molecule has 0 saturated heterocycles. The largest absolute Gasteiger partial charge is 0.478 e. The first-order valence-corrected chi connectivity index (χ1v) is 7.89. The number of aryl methyl sites for hydroxylation is 1. The molecule has 5 heteroatoms. The first-order chi connectivity index (χ1) is 10.4. The van der Waals surface area contributed by atoms with Crippen LogP contribution in [0, 0.1) is 6.92 Å². The maximum Gasteiger partial charge on any atom is 0.335 e. The summed E-state index contributed by atoms with van der Waals surface area (Å²) in [7, 11) is 0. The van der Waals surface area contributed by atoms with Gasteiger partial charge >= 0.3 is 5.97 Å². The maximum atomic E-state index is 12.7. The van der Waals surface area contributed by atoms with Crippen molar-refractivity contribution in [1.29, 1.82) is 0 Å². The predicted octanol–water partition coefficient (Wildman–Crippen LogP) is 3.81. The van der Waals surface area contributed by atoms with Crippen LogP contribution < -0.4 is 0 Å². The number of nitrogens with zero attached hydrogens (tertiary/aromatic N) is 1. The van der Waals surface area contributed by atoms with Crippen LogP contribution in [0.15, 0.2) is 36.4 Å². The van der Waals surface area contributed by atoms with Gasteiger partial charge in [0.15, 0.2) is 0 Å². The van der Waals surface area contributed by atoms with Gasteiger partial charge in [0.2, 0.25) is 0 Å². The number of carboxylic acids is 1. The van der Waals surface area contributed by atoms with E-state index in [2.05, 4.69) is 0 Å². The second kappa shape index (κ2) is 6.75. The van der Waals surface area contributed by atoms with Crippen LogP contribution in [0.2, 0.25) is 0 Å². The van der Waals surface area contributed by atoms with E-state index >= 15 is 0 Å². The Labute approximate surface area is 134 Å². The minimum Gasteiger partial charge on any atom is -0.478 e. The molecule has 1 aromatic heterocycles. The number of thiophene rings is 1. The molecule has 1 heterocycles. The Morgan fingerprint density at radius 1 is 1.09 bits per heavy atom. The number of hydrogen-bond donors (Lipinski definition) is 1. The monoisotopic (exact) mass is 317 g/mol. The Hall–Kier alpha value is -2.14. The Balaban J connectivity index is 2.20. The summed E-state index contributed by atoms with van der Waals surface area (Å²) in [5.74, 6) is -1.08. The smallest absolute Gasteiger partial charge is 0.335 e. The van der Waals surface area contributed by atoms with E-state index in [9.17, 15) is 9.59 Å². The highest BCUT2D eigenvalue weighted by Crippen LogP contribution is 2.20. The average molecular weight is 317 g/mol. The lowest BCUT2D eigenvalue weighted by atomic mass is 10.1. The van der Waals surface area contributed by atoms with Gasteiger partial charge in [0.25, 0.3) is 5.91 Å². The van der Waals surface area contributed by atoms with Crippen molar-refractivity contribution in [2.75, 3.05) is 0 Å². The fraction of sp³-hybridized carbons (Fsp3) is 0.294. The second-order valence-corrected chi connectivity index (χ2v) is 6.79. The van der Waals surface area contributed by atoms with Crippen molar-refractivity contribution in [2.24, 2.45) is 0 Å². The Bertz CT molecular complexity index is 673. The third-order valence-corrected chi connectivity index (χ3v) is 4.37. The molecule has 0 unspecified atom stereocenters. The molecule has 0 fully saturated rings. The topological polar surface area (TPSA) is 57.6 Å². The Kier molecular flexibility index (Phi) is 4.98. The highest BCUT2D eigenvalue weighted by molar-refractivity contribution is 7.11. The zero-order chi connectivity index (χ0) is 16.3. The summed E-state index contributed by atoms with van der Waals surface area (Å²) in [5, 5.41) is 8.91. The molecule has 0 aliphatic carbocycles. The van der Waals surface area contributed by atoms with E-state index in [1.807, 2.05) is 32.9 Å². The van der Waals surface area contributed by atoms with Crippen LogP contribution in [0.5, 0.6) is 0 Å². The molecule has 0 bridgehead atoms. The number of benzene rings is 1. The van der Waals surface area contributed by atoms with E-state index in [1.165, 1.54) is 17.0 Å². The minimum atomic E-state index is -0.992. The van der Waals surface area contributed by atoms with Gasteiger partial charge in [-0.25, -0.2) is 4.79 Å². The molecule has 116 valence electrons. The highest BCUT2D eigenvalue weighted by atomic mass is 32.1. The normalized spacial score (nSPS) is 10.7. The minimum absolute atomic E-state index is 0.0639. The molecule has 1 aromatic carbocycles. The fourth-order valence-corrected chi connectivity index (χ4v) is 3.04. The molecule has 0 radical (unpaired) electrons. The number of carboxylic acid groups (broad SMARTS) is 1. The summed E-state index contributed by atoms with van der Waals surface area (Å²) in [5.41, 5.74) is 0.688. The van der Waals surface area contributed by atoms with Crippen molar-refractivity contribution in [1.82, 2.24) is 4.90 Å². The lowest BCUT2D eigenvalue weighted by molar-refractivity contribution is 0.0680. The zero-order valence-electron chi connectivity index (χ0n) is 12.9. The van der Waals surface area contributed by atoms with Gasteiger partial charge in [0.05, 0.1) is 12.1 Å². The molecule has 4 nitrogen and oxygen atoms in total. The molecule has 1 N–H and O–H groups in total. The van der Waals surface area contributed by atoms with Gasteiger partial charge in [0.1, 0.15) is 0 Å². The maximum absolute atomic E-state index is 12.7. The van der Waals surface area contributed by atoms with Crippen LogP contribution in [0.25, 0.3) is 0 Å². The summed E-state index contributed by atoms with van der Waals surface area (Å²) in [6.07, 6.45) is 0. The van der Waals surface area contributed by atoms with Gasteiger partial charge in [-0.05, 0) is 57.2 Å².